The van der Waals surface area contributed by atoms with Gasteiger partial charge >= 0.3 is 0 Å². The predicted molar refractivity (Wildman–Crippen MR) is 81.7 cm³/mol. The zero-order valence-corrected chi connectivity index (χ0v) is 13.0. The molecule has 0 bridgehead atoms. The Morgan fingerprint density at radius 2 is 2.17 bits per heavy atom. The minimum absolute atomic E-state index is 0.133. The van der Waals surface area contributed by atoms with Gasteiger partial charge < -0.3 is 4.74 Å². The fourth-order valence-electron chi connectivity index (χ4n) is 2.32. The van der Waals surface area contributed by atoms with E-state index in [1.54, 1.807) is 6.20 Å². The molecule has 2 aliphatic carbocycles. The van der Waals surface area contributed by atoms with Gasteiger partial charge in [0.1, 0.15) is 5.92 Å². The summed E-state index contributed by atoms with van der Waals surface area (Å²) in [6, 6.07) is 3.69. The van der Waals surface area contributed by atoms with Crippen molar-refractivity contribution in [1.29, 1.82) is 5.26 Å². The first-order valence-corrected chi connectivity index (χ1v) is 7.96. The Morgan fingerprint density at radius 3 is 2.78 bits per heavy atom. The van der Waals surface area contributed by atoms with Gasteiger partial charge in [0, 0.05) is 11.8 Å². The lowest BCUT2D eigenvalue weighted by molar-refractivity contribution is -0.121. The van der Waals surface area contributed by atoms with Crippen LogP contribution in [-0.4, -0.2) is 23.4 Å². The molecule has 2 saturated carbocycles. The number of pyridine rings is 1. The number of rotatable bonds is 6. The van der Waals surface area contributed by atoms with Gasteiger partial charge in [0.15, 0.2) is 11.4 Å². The molecule has 2 fully saturated rings. The molecule has 1 atom stereocenters. The van der Waals surface area contributed by atoms with Crippen LogP contribution in [0.1, 0.15) is 54.6 Å². The summed E-state index contributed by atoms with van der Waals surface area (Å²) in [7, 11) is 0. The van der Waals surface area contributed by atoms with E-state index in [1.165, 1.54) is 6.92 Å². The number of hydrogen-bond donors (Lipinski definition) is 1. The van der Waals surface area contributed by atoms with Crippen molar-refractivity contribution in [1.82, 2.24) is 10.3 Å². The molecule has 6 nitrogen and oxygen atoms in total. The van der Waals surface area contributed by atoms with E-state index < -0.39 is 17.7 Å². The molecule has 0 aromatic carbocycles. The molecule has 1 heterocycles. The van der Waals surface area contributed by atoms with Crippen LogP contribution in [0, 0.1) is 23.2 Å². The van der Waals surface area contributed by atoms with Crippen molar-refractivity contribution < 1.29 is 14.3 Å². The second kappa shape index (κ2) is 6.37. The second-order valence-corrected chi connectivity index (χ2v) is 6.28. The fraction of sp³-hybridized carbons (Fsp3) is 0.529. The molecule has 0 spiro atoms. The minimum Gasteiger partial charge on any atom is -0.491 e. The normalized spacial score (nSPS) is 17.9. The maximum atomic E-state index is 12.4. The molecule has 1 unspecified atom stereocenters. The van der Waals surface area contributed by atoms with Crippen molar-refractivity contribution in [2.45, 2.75) is 38.5 Å². The van der Waals surface area contributed by atoms with Gasteiger partial charge in [-0.2, -0.15) is 5.26 Å². The number of nitriles is 1. The summed E-state index contributed by atoms with van der Waals surface area (Å²) in [4.78, 5) is 28.2. The van der Waals surface area contributed by atoms with Crippen molar-refractivity contribution in [3.05, 3.63) is 23.5 Å². The zero-order chi connectivity index (χ0) is 16.4. The first-order valence-electron chi connectivity index (χ1n) is 7.96. The molecule has 0 saturated heterocycles. The van der Waals surface area contributed by atoms with Gasteiger partial charge in [-0.3, -0.25) is 14.9 Å². The van der Waals surface area contributed by atoms with Crippen molar-refractivity contribution in [2.75, 3.05) is 6.61 Å². The molecule has 1 N–H and O–H groups in total. The van der Waals surface area contributed by atoms with Crippen molar-refractivity contribution in [3.63, 3.8) is 0 Å². The lowest BCUT2D eigenvalue weighted by Crippen LogP contribution is -2.35. The maximum Gasteiger partial charge on any atom is 0.280 e. The number of carbonyl (C=O) groups is 2. The van der Waals surface area contributed by atoms with E-state index in [0.29, 0.717) is 24.2 Å². The number of imide groups is 1. The molecule has 0 radical (unpaired) electrons. The van der Waals surface area contributed by atoms with Crippen molar-refractivity contribution in [2.24, 2.45) is 11.8 Å². The van der Waals surface area contributed by atoms with E-state index >= 15 is 0 Å². The van der Waals surface area contributed by atoms with Crippen LogP contribution < -0.4 is 10.1 Å². The van der Waals surface area contributed by atoms with E-state index in [4.69, 9.17) is 10.00 Å². The molecular weight excluding hydrogens is 294 g/mol. The van der Waals surface area contributed by atoms with Crippen LogP contribution in [0.15, 0.2) is 12.3 Å². The predicted octanol–water partition coefficient (Wildman–Crippen LogP) is 2.16. The average molecular weight is 313 g/mol. The van der Waals surface area contributed by atoms with Crippen molar-refractivity contribution >= 4 is 11.8 Å². The Balaban J connectivity index is 1.81. The monoisotopic (exact) mass is 313 g/mol. The summed E-state index contributed by atoms with van der Waals surface area (Å²) in [5, 5.41) is 11.0. The van der Waals surface area contributed by atoms with E-state index in [2.05, 4.69) is 10.3 Å². The van der Waals surface area contributed by atoms with E-state index in [-0.39, 0.29) is 5.69 Å². The molecule has 6 heteroatoms. The highest BCUT2D eigenvalue weighted by molar-refractivity contribution is 6.06. The third-order valence-electron chi connectivity index (χ3n) is 4.15. The number of amides is 2. The Bertz CT molecular complexity index is 672. The third-order valence-corrected chi connectivity index (χ3v) is 4.15. The smallest absolute Gasteiger partial charge is 0.280 e. The number of hydrogen-bond acceptors (Lipinski definition) is 5. The van der Waals surface area contributed by atoms with Gasteiger partial charge in [-0.1, -0.05) is 0 Å². The standard InChI is InChI=1S/C17H19N3O3/c1-10(8-18)16(21)20-17(22)14-15(23-9-11-2-3-11)13(6-7-19-14)12-4-5-12/h6-7,10-12H,2-5,9H2,1H3,(H,20,21,22). The molecule has 2 aliphatic rings. The maximum absolute atomic E-state index is 12.4. The summed E-state index contributed by atoms with van der Waals surface area (Å²) in [6.07, 6.45) is 6.03. The van der Waals surface area contributed by atoms with Gasteiger partial charge in [0.2, 0.25) is 5.91 Å². The Morgan fingerprint density at radius 1 is 1.43 bits per heavy atom. The molecule has 23 heavy (non-hydrogen) atoms. The summed E-state index contributed by atoms with van der Waals surface area (Å²) in [5.74, 6) is -0.654. The summed E-state index contributed by atoms with van der Waals surface area (Å²) < 4.78 is 5.88. The lowest BCUT2D eigenvalue weighted by Gasteiger charge is -2.14. The van der Waals surface area contributed by atoms with E-state index in [9.17, 15) is 9.59 Å². The van der Waals surface area contributed by atoms with Crippen LogP contribution in [0.4, 0.5) is 0 Å². The lowest BCUT2D eigenvalue weighted by atomic mass is 10.1. The Labute approximate surface area is 134 Å². The van der Waals surface area contributed by atoms with Gasteiger partial charge in [-0.15, -0.1) is 0 Å². The number of ether oxygens (including phenoxy) is 1. The van der Waals surface area contributed by atoms with Crippen LogP contribution in [-0.2, 0) is 4.79 Å². The second-order valence-electron chi connectivity index (χ2n) is 6.28. The average Bonchev–Trinajstić information content (AvgIpc) is 3.44. The molecular formula is C17H19N3O3. The third kappa shape index (κ3) is 3.67. The number of nitrogens with zero attached hydrogens (tertiary/aromatic N) is 2. The molecule has 1 aromatic heterocycles. The highest BCUT2D eigenvalue weighted by Gasteiger charge is 2.32. The highest BCUT2D eigenvalue weighted by atomic mass is 16.5. The van der Waals surface area contributed by atoms with Crippen LogP contribution in [0.5, 0.6) is 5.75 Å². The summed E-state index contributed by atoms with van der Waals surface area (Å²) in [5.41, 5.74) is 1.13. The van der Waals surface area contributed by atoms with Crippen molar-refractivity contribution in [3.8, 4) is 11.8 Å². The SMILES string of the molecule is CC(C#N)C(=O)NC(=O)c1nccc(C2CC2)c1OCC1CC1. The summed E-state index contributed by atoms with van der Waals surface area (Å²) in [6.45, 7) is 2.02. The topological polar surface area (TPSA) is 92.1 Å². The van der Waals surface area contributed by atoms with E-state index in [0.717, 1.165) is 31.2 Å². The molecule has 0 aliphatic heterocycles. The van der Waals surface area contributed by atoms with Crippen LogP contribution in [0.2, 0.25) is 0 Å². The highest BCUT2D eigenvalue weighted by Crippen LogP contribution is 2.45. The first kappa shape index (κ1) is 15.5. The Hall–Kier alpha value is -2.42. The minimum atomic E-state index is -0.888. The van der Waals surface area contributed by atoms with Crippen LogP contribution in [0.3, 0.4) is 0 Å². The fourth-order valence-corrected chi connectivity index (χ4v) is 2.32. The van der Waals surface area contributed by atoms with Gasteiger partial charge in [-0.05, 0) is 50.5 Å². The molecule has 1 aromatic rings. The van der Waals surface area contributed by atoms with Gasteiger partial charge in [0.05, 0.1) is 12.7 Å². The van der Waals surface area contributed by atoms with Crippen LogP contribution >= 0.6 is 0 Å². The largest absolute Gasteiger partial charge is 0.491 e. The van der Waals surface area contributed by atoms with Gasteiger partial charge in [-0.25, -0.2) is 4.98 Å². The number of aromatic nitrogens is 1. The zero-order valence-electron chi connectivity index (χ0n) is 13.0. The van der Waals surface area contributed by atoms with Crippen LogP contribution in [0.25, 0.3) is 0 Å². The first-order chi connectivity index (χ1) is 11.1. The quantitative estimate of drug-likeness (QED) is 0.869. The van der Waals surface area contributed by atoms with Gasteiger partial charge in [0.25, 0.3) is 5.91 Å². The molecule has 2 amide bonds. The molecule has 3 rings (SSSR count). The number of carbonyl (C=O) groups excluding carboxylic acids is 2. The number of nitrogens with one attached hydrogen (secondary N) is 1. The molecule has 120 valence electrons. The Kier molecular flexibility index (Phi) is 4.28. The summed E-state index contributed by atoms with van der Waals surface area (Å²) >= 11 is 0. The van der Waals surface area contributed by atoms with E-state index in [1.807, 2.05) is 12.1 Å².